The second-order valence-electron chi connectivity index (χ2n) is 7.72. The van der Waals surface area contributed by atoms with Gasteiger partial charge in [0.25, 0.3) is 11.8 Å². The predicted octanol–water partition coefficient (Wildman–Crippen LogP) is 2.36. The quantitative estimate of drug-likeness (QED) is 0.475. The molecule has 2 amide bonds. The zero-order valence-corrected chi connectivity index (χ0v) is 17.0. The second-order valence-corrected chi connectivity index (χ2v) is 7.72. The Kier molecular flexibility index (Phi) is 6.51. The number of nitrogens with zero attached hydrogens (tertiary/aromatic N) is 2. The van der Waals surface area contributed by atoms with E-state index in [1.807, 2.05) is 0 Å². The van der Waals surface area contributed by atoms with Gasteiger partial charge in [0.1, 0.15) is 5.82 Å². The number of hydrogen-bond donors (Lipinski definition) is 3. The highest BCUT2D eigenvalue weighted by Gasteiger charge is 2.48. The van der Waals surface area contributed by atoms with Gasteiger partial charge in [-0.2, -0.15) is 13.2 Å². The van der Waals surface area contributed by atoms with Gasteiger partial charge in [0.15, 0.2) is 0 Å². The second kappa shape index (κ2) is 8.83. The van der Waals surface area contributed by atoms with E-state index < -0.39 is 47.3 Å². The number of likely N-dealkylation sites (tertiary alicyclic amines) is 1. The first kappa shape index (κ1) is 23.6. The van der Waals surface area contributed by atoms with Crippen LogP contribution >= 0.6 is 0 Å². The highest BCUT2D eigenvalue weighted by Crippen LogP contribution is 2.35. The van der Waals surface area contributed by atoms with Crippen LogP contribution in [0, 0.1) is 18.7 Å². The van der Waals surface area contributed by atoms with Crippen LogP contribution in [0.1, 0.15) is 34.5 Å². The monoisotopic (exact) mass is 455 g/mol. The molecule has 1 saturated heterocycles. The molecule has 1 aromatic carbocycles. The van der Waals surface area contributed by atoms with Gasteiger partial charge >= 0.3 is 5.92 Å². The number of aliphatic hydroxyl groups excluding tert-OH is 1. The lowest BCUT2D eigenvalue weighted by Gasteiger charge is -2.38. The lowest BCUT2D eigenvalue weighted by Crippen LogP contribution is -2.52. The highest BCUT2D eigenvalue weighted by molar-refractivity contribution is 6.04. The van der Waals surface area contributed by atoms with Gasteiger partial charge in [-0.1, -0.05) is 0 Å². The van der Waals surface area contributed by atoms with E-state index in [2.05, 4.69) is 10.3 Å². The molecule has 0 saturated carbocycles. The van der Waals surface area contributed by atoms with Crippen molar-refractivity contribution in [3.05, 3.63) is 58.9 Å². The number of piperidine rings is 1. The molecule has 1 fully saturated rings. The predicted molar refractivity (Wildman–Crippen MR) is 105 cm³/mol. The first-order valence-corrected chi connectivity index (χ1v) is 9.71. The zero-order chi connectivity index (χ0) is 23.7. The maximum atomic E-state index is 14.9. The third-order valence-corrected chi connectivity index (χ3v) is 5.29. The van der Waals surface area contributed by atoms with Gasteiger partial charge < -0.3 is 20.4 Å². The summed E-state index contributed by atoms with van der Waals surface area (Å²) in [7, 11) is 0. The van der Waals surface area contributed by atoms with Crippen molar-refractivity contribution in [3.8, 4) is 0 Å². The third-order valence-electron chi connectivity index (χ3n) is 5.29. The fraction of sp³-hybridized carbons (Fsp3) is 0.381. The van der Waals surface area contributed by atoms with Crippen LogP contribution in [0.3, 0.4) is 0 Å². The molecular formula is C21H21F4N3O4. The summed E-state index contributed by atoms with van der Waals surface area (Å²) in [6.45, 7) is 0.418. The summed E-state index contributed by atoms with van der Waals surface area (Å²) in [6, 6.07) is 4.46. The Morgan fingerprint density at radius 3 is 2.44 bits per heavy atom. The number of alkyl halides is 2. The molecular weight excluding hydrogens is 434 g/mol. The molecule has 1 aromatic heterocycles. The number of aryl methyl sites for hydroxylation is 1. The van der Waals surface area contributed by atoms with Gasteiger partial charge in [-0.05, 0) is 44.0 Å². The normalized spacial score (nSPS) is 16.0. The average molecular weight is 455 g/mol. The largest absolute Gasteiger partial charge is 0.393 e. The number of benzene rings is 1. The fourth-order valence-electron chi connectivity index (χ4n) is 3.41. The van der Waals surface area contributed by atoms with E-state index in [9.17, 15) is 32.3 Å². The van der Waals surface area contributed by atoms with Crippen LogP contribution in [0.4, 0.5) is 23.2 Å². The minimum atomic E-state index is -4.28. The number of rotatable bonds is 5. The standard InChI is InChI=1S/C21H21F4N3O4/c1-12-8-14(10-17(23)26-12)27-18(30)13-2-3-16(22)15(9-13)21(24,25)19(31)28-6-4-20(32,11-29)5-7-28/h2-3,8-10,29,32H,4-7,11H2,1H3,(H,26,27,30). The molecule has 3 rings (SSSR count). The minimum Gasteiger partial charge on any atom is -0.393 e. The van der Waals surface area contributed by atoms with Crippen molar-refractivity contribution in [2.24, 2.45) is 0 Å². The number of amides is 2. The highest BCUT2D eigenvalue weighted by atomic mass is 19.3. The van der Waals surface area contributed by atoms with Crippen molar-refractivity contribution >= 4 is 17.5 Å². The first-order chi connectivity index (χ1) is 14.9. The van der Waals surface area contributed by atoms with Crippen molar-refractivity contribution in [2.75, 3.05) is 25.0 Å². The number of pyridine rings is 1. The molecule has 1 aliphatic heterocycles. The molecule has 0 radical (unpaired) electrons. The topological polar surface area (TPSA) is 103 Å². The summed E-state index contributed by atoms with van der Waals surface area (Å²) >= 11 is 0. The molecule has 0 bridgehead atoms. The van der Waals surface area contributed by atoms with E-state index in [-0.39, 0.29) is 42.9 Å². The third kappa shape index (κ3) is 4.89. The average Bonchev–Trinajstić information content (AvgIpc) is 2.73. The summed E-state index contributed by atoms with van der Waals surface area (Å²) in [5.74, 6) is -9.11. The summed E-state index contributed by atoms with van der Waals surface area (Å²) in [6.07, 6.45) is -0.226. The number of carbonyl (C=O) groups is 2. The molecule has 2 heterocycles. The number of hydrogen-bond acceptors (Lipinski definition) is 5. The van der Waals surface area contributed by atoms with E-state index in [4.69, 9.17) is 5.11 Å². The Labute approximate surface area is 180 Å². The maximum absolute atomic E-state index is 14.9. The maximum Gasteiger partial charge on any atom is 0.352 e. The molecule has 0 spiro atoms. The fourth-order valence-corrected chi connectivity index (χ4v) is 3.41. The Bertz CT molecular complexity index is 1020. The Hall–Kier alpha value is -3.05. The number of anilines is 1. The minimum absolute atomic E-state index is 0.0263. The number of carbonyl (C=O) groups excluding carboxylic acids is 2. The molecule has 32 heavy (non-hydrogen) atoms. The number of halogens is 4. The molecule has 0 atom stereocenters. The van der Waals surface area contributed by atoms with Crippen LogP contribution in [0.5, 0.6) is 0 Å². The van der Waals surface area contributed by atoms with Crippen molar-refractivity contribution in [1.82, 2.24) is 9.88 Å². The first-order valence-electron chi connectivity index (χ1n) is 9.71. The van der Waals surface area contributed by atoms with Crippen molar-refractivity contribution < 1.29 is 37.4 Å². The van der Waals surface area contributed by atoms with E-state index in [0.717, 1.165) is 17.0 Å². The van der Waals surface area contributed by atoms with Gasteiger partial charge in [-0.3, -0.25) is 9.59 Å². The molecule has 3 N–H and O–H groups in total. The Balaban J connectivity index is 1.82. The SMILES string of the molecule is Cc1cc(NC(=O)c2ccc(F)c(C(F)(F)C(=O)N3CCC(O)(CO)CC3)c2)cc(F)n1. The molecule has 1 aliphatic rings. The van der Waals surface area contributed by atoms with Crippen LogP contribution in [-0.4, -0.2) is 57.2 Å². The van der Waals surface area contributed by atoms with Crippen LogP contribution in [-0.2, 0) is 10.7 Å². The van der Waals surface area contributed by atoms with Gasteiger partial charge in [-0.25, -0.2) is 9.37 Å². The molecule has 172 valence electrons. The van der Waals surface area contributed by atoms with Crippen LogP contribution in [0.25, 0.3) is 0 Å². The summed E-state index contributed by atoms with van der Waals surface area (Å²) in [4.78, 5) is 29.2. The molecule has 2 aromatic rings. The van der Waals surface area contributed by atoms with E-state index in [0.29, 0.717) is 12.1 Å². The summed E-state index contributed by atoms with van der Waals surface area (Å²) in [5.41, 5.74) is -2.81. The van der Waals surface area contributed by atoms with Gasteiger partial charge in [-0.15, -0.1) is 0 Å². The Morgan fingerprint density at radius 2 is 1.84 bits per heavy atom. The van der Waals surface area contributed by atoms with Gasteiger partial charge in [0, 0.05) is 36.1 Å². The number of nitrogens with one attached hydrogen (secondary N) is 1. The smallest absolute Gasteiger partial charge is 0.352 e. The van der Waals surface area contributed by atoms with Crippen molar-refractivity contribution in [3.63, 3.8) is 0 Å². The van der Waals surface area contributed by atoms with Crippen LogP contribution in [0.15, 0.2) is 30.3 Å². The van der Waals surface area contributed by atoms with E-state index in [1.54, 1.807) is 0 Å². The lowest BCUT2D eigenvalue weighted by molar-refractivity contribution is -0.164. The van der Waals surface area contributed by atoms with E-state index >= 15 is 0 Å². The van der Waals surface area contributed by atoms with Crippen LogP contribution in [0.2, 0.25) is 0 Å². The van der Waals surface area contributed by atoms with Gasteiger partial charge in [0.05, 0.1) is 17.8 Å². The molecule has 7 nitrogen and oxygen atoms in total. The lowest BCUT2D eigenvalue weighted by atomic mass is 9.91. The molecule has 11 heteroatoms. The van der Waals surface area contributed by atoms with Gasteiger partial charge in [0.2, 0.25) is 5.95 Å². The van der Waals surface area contributed by atoms with Crippen molar-refractivity contribution in [2.45, 2.75) is 31.3 Å². The zero-order valence-electron chi connectivity index (χ0n) is 17.0. The summed E-state index contributed by atoms with van der Waals surface area (Å²) in [5, 5.41) is 21.5. The number of aromatic nitrogens is 1. The van der Waals surface area contributed by atoms with Crippen molar-refractivity contribution in [1.29, 1.82) is 0 Å². The van der Waals surface area contributed by atoms with E-state index in [1.165, 1.54) is 13.0 Å². The summed E-state index contributed by atoms with van der Waals surface area (Å²) < 4.78 is 57.5. The van der Waals surface area contributed by atoms with Crippen LogP contribution < -0.4 is 5.32 Å². The molecule has 0 unspecified atom stereocenters. The molecule has 0 aliphatic carbocycles. The number of aliphatic hydroxyl groups is 2. The Morgan fingerprint density at radius 1 is 1.19 bits per heavy atom.